The lowest BCUT2D eigenvalue weighted by Gasteiger charge is -2.41. The number of morpholine rings is 1. The summed E-state index contributed by atoms with van der Waals surface area (Å²) in [7, 11) is 0. The van der Waals surface area contributed by atoms with Gasteiger partial charge >= 0.3 is 0 Å². The third-order valence-corrected chi connectivity index (χ3v) is 4.16. The largest absolute Gasteiger partial charge is 0.508 e. The zero-order valence-electron chi connectivity index (χ0n) is 13.0. The first-order chi connectivity index (χ1) is 9.90. The molecule has 1 fully saturated rings. The summed E-state index contributed by atoms with van der Waals surface area (Å²) in [6, 6.07) is 3.94. The molecule has 118 valence electrons. The summed E-state index contributed by atoms with van der Waals surface area (Å²) >= 11 is 0. The maximum Gasteiger partial charge on any atom is 0.123 e. The van der Waals surface area contributed by atoms with Crippen molar-refractivity contribution in [3.63, 3.8) is 0 Å². The van der Waals surface area contributed by atoms with Crippen LogP contribution in [0.25, 0.3) is 0 Å². The van der Waals surface area contributed by atoms with Crippen LogP contribution in [0.15, 0.2) is 18.2 Å². The van der Waals surface area contributed by atoms with Crippen molar-refractivity contribution in [1.82, 2.24) is 10.2 Å². The Morgan fingerprint density at radius 1 is 1.38 bits per heavy atom. The SMILES string of the molecule is CC(NCC(C)(C)N1CCOCC1)c1cc(F)ccc1O. The number of ether oxygens (including phenoxy) is 1. The van der Waals surface area contributed by atoms with Crippen molar-refractivity contribution >= 4 is 0 Å². The average Bonchev–Trinajstić information content (AvgIpc) is 2.48. The van der Waals surface area contributed by atoms with Gasteiger partial charge in [-0.25, -0.2) is 4.39 Å². The van der Waals surface area contributed by atoms with Crippen molar-refractivity contribution in [2.45, 2.75) is 32.4 Å². The van der Waals surface area contributed by atoms with Crippen LogP contribution in [0.1, 0.15) is 32.4 Å². The molecule has 1 atom stereocenters. The normalized spacial score (nSPS) is 18.7. The van der Waals surface area contributed by atoms with E-state index in [4.69, 9.17) is 4.74 Å². The predicted molar refractivity (Wildman–Crippen MR) is 81.0 cm³/mol. The number of hydrogen-bond donors (Lipinski definition) is 2. The fourth-order valence-corrected chi connectivity index (χ4v) is 2.67. The van der Waals surface area contributed by atoms with Gasteiger partial charge in [-0.1, -0.05) is 0 Å². The van der Waals surface area contributed by atoms with Gasteiger partial charge in [-0.05, 0) is 39.0 Å². The van der Waals surface area contributed by atoms with Gasteiger partial charge in [-0.2, -0.15) is 0 Å². The van der Waals surface area contributed by atoms with Crippen LogP contribution in [0.2, 0.25) is 0 Å². The molecule has 5 heteroatoms. The lowest BCUT2D eigenvalue weighted by molar-refractivity contribution is -0.0102. The number of aromatic hydroxyl groups is 1. The second-order valence-electron chi connectivity index (χ2n) is 6.22. The van der Waals surface area contributed by atoms with Gasteiger partial charge in [-0.15, -0.1) is 0 Å². The molecule has 0 amide bonds. The molecule has 1 saturated heterocycles. The van der Waals surface area contributed by atoms with Crippen LogP contribution in [0.5, 0.6) is 5.75 Å². The Morgan fingerprint density at radius 2 is 2.05 bits per heavy atom. The minimum Gasteiger partial charge on any atom is -0.508 e. The fraction of sp³-hybridized carbons (Fsp3) is 0.625. The number of nitrogens with one attached hydrogen (secondary N) is 1. The lowest BCUT2D eigenvalue weighted by Crippen LogP contribution is -2.54. The Balaban J connectivity index is 1.96. The quantitative estimate of drug-likeness (QED) is 0.875. The highest BCUT2D eigenvalue weighted by atomic mass is 19.1. The van der Waals surface area contributed by atoms with Crippen LogP contribution in [-0.4, -0.2) is 48.4 Å². The molecule has 1 aliphatic rings. The fourth-order valence-electron chi connectivity index (χ4n) is 2.67. The van der Waals surface area contributed by atoms with Crippen molar-refractivity contribution < 1.29 is 14.2 Å². The second kappa shape index (κ2) is 6.73. The predicted octanol–water partition coefficient (Wildman–Crippen LogP) is 2.29. The van der Waals surface area contributed by atoms with E-state index in [1.807, 2.05) is 6.92 Å². The molecule has 1 aliphatic heterocycles. The Bertz CT molecular complexity index is 473. The van der Waals surface area contributed by atoms with Crippen LogP contribution in [0.4, 0.5) is 4.39 Å². The molecule has 21 heavy (non-hydrogen) atoms. The van der Waals surface area contributed by atoms with Crippen molar-refractivity contribution in [1.29, 1.82) is 0 Å². The van der Waals surface area contributed by atoms with Gasteiger partial charge in [-0.3, -0.25) is 4.90 Å². The van der Waals surface area contributed by atoms with E-state index in [1.165, 1.54) is 18.2 Å². The first-order valence-corrected chi connectivity index (χ1v) is 7.45. The van der Waals surface area contributed by atoms with Crippen molar-refractivity contribution in [2.24, 2.45) is 0 Å². The molecule has 0 spiro atoms. The van der Waals surface area contributed by atoms with E-state index in [2.05, 4.69) is 24.1 Å². The van der Waals surface area contributed by atoms with E-state index in [0.29, 0.717) is 5.56 Å². The molecule has 0 radical (unpaired) electrons. The summed E-state index contributed by atoms with van der Waals surface area (Å²) in [5, 5.41) is 13.2. The highest BCUT2D eigenvalue weighted by Crippen LogP contribution is 2.25. The Hall–Kier alpha value is -1.17. The molecule has 0 aromatic heterocycles. The van der Waals surface area contributed by atoms with Gasteiger partial charge in [0.2, 0.25) is 0 Å². The van der Waals surface area contributed by atoms with E-state index in [-0.39, 0.29) is 23.1 Å². The maximum atomic E-state index is 13.3. The standard InChI is InChI=1S/C16H25FN2O2/c1-12(14-10-13(17)4-5-15(14)20)18-11-16(2,3)19-6-8-21-9-7-19/h4-5,10,12,18,20H,6-9,11H2,1-3H3. The average molecular weight is 296 g/mol. The molecular formula is C16H25FN2O2. The van der Waals surface area contributed by atoms with Gasteiger partial charge in [0, 0.05) is 36.8 Å². The molecular weight excluding hydrogens is 271 g/mol. The minimum absolute atomic E-state index is 0.0129. The van der Waals surface area contributed by atoms with Gasteiger partial charge in [0.1, 0.15) is 11.6 Å². The summed E-state index contributed by atoms with van der Waals surface area (Å²) in [4.78, 5) is 2.39. The van der Waals surface area contributed by atoms with E-state index < -0.39 is 0 Å². The second-order valence-corrected chi connectivity index (χ2v) is 6.22. The number of rotatable bonds is 5. The summed E-state index contributed by atoms with van der Waals surface area (Å²) in [5.41, 5.74) is 0.578. The van der Waals surface area contributed by atoms with Crippen LogP contribution in [0, 0.1) is 5.82 Å². The molecule has 0 aliphatic carbocycles. The highest BCUT2D eigenvalue weighted by molar-refractivity contribution is 5.34. The number of nitrogens with zero attached hydrogens (tertiary/aromatic N) is 1. The zero-order chi connectivity index (χ0) is 15.5. The summed E-state index contributed by atoms with van der Waals surface area (Å²) in [5.74, 6) is -0.204. The molecule has 0 bridgehead atoms. The van der Waals surface area contributed by atoms with Gasteiger partial charge < -0.3 is 15.2 Å². The molecule has 1 aromatic rings. The number of phenolic OH excluding ortho intramolecular Hbond substituents is 1. The first-order valence-electron chi connectivity index (χ1n) is 7.45. The number of halogens is 1. The van der Waals surface area contributed by atoms with Gasteiger partial charge in [0.25, 0.3) is 0 Å². The monoisotopic (exact) mass is 296 g/mol. The van der Waals surface area contributed by atoms with Gasteiger partial charge in [0.05, 0.1) is 13.2 Å². The Morgan fingerprint density at radius 3 is 2.71 bits per heavy atom. The smallest absolute Gasteiger partial charge is 0.123 e. The number of phenols is 1. The molecule has 4 nitrogen and oxygen atoms in total. The molecule has 1 aromatic carbocycles. The summed E-state index contributed by atoms with van der Waals surface area (Å²) in [6.45, 7) is 10.4. The van der Waals surface area contributed by atoms with Crippen molar-refractivity contribution in [3.05, 3.63) is 29.6 Å². The van der Waals surface area contributed by atoms with E-state index in [9.17, 15) is 9.50 Å². The zero-order valence-corrected chi connectivity index (χ0v) is 13.0. The molecule has 0 saturated carbocycles. The number of benzene rings is 1. The van der Waals surface area contributed by atoms with Crippen LogP contribution >= 0.6 is 0 Å². The van der Waals surface area contributed by atoms with E-state index in [1.54, 1.807) is 0 Å². The third kappa shape index (κ3) is 4.15. The first kappa shape index (κ1) is 16.2. The Labute approximate surface area is 125 Å². The number of hydrogen-bond acceptors (Lipinski definition) is 4. The summed E-state index contributed by atoms with van der Waals surface area (Å²) in [6.07, 6.45) is 0. The van der Waals surface area contributed by atoms with Crippen LogP contribution in [-0.2, 0) is 4.74 Å². The molecule has 1 unspecified atom stereocenters. The van der Waals surface area contributed by atoms with E-state index >= 15 is 0 Å². The molecule has 1 heterocycles. The third-order valence-electron chi connectivity index (χ3n) is 4.16. The molecule has 2 N–H and O–H groups in total. The maximum absolute atomic E-state index is 13.3. The Kier molecular flexibility index (Phi) is 5.19. The van der Waals surface area contributed by atoms with Crippen molar-refractivity contribution in [3.8, 4) is 5.75 Å². The summed E-state index contributed by atoms with van der Waals surface area (Å²) < 4.78 is 18.7. The highest BCUT2D eigenvalue weighted by Gasteiger charge is 2.28. The van der Waals surface area contributed by atoms with Gasteiger partial charge in [0.15, 0.2) is 0 Å². The van der Waals surface area contributed by atoms with E-state index in [0.717, 1.165) is 32.8 Å². The van der Waals surface area contributed by atoms with Crippen LogP contribution < -0.4 is 5.32 Å². The van der Waals surface area contributed by atoms with Crippen LogP contribution in [0.3, 0.4) is 0 Å². The van der Waals surface area contributed by atoms with Crippen molar-refractivity contribution in [2.75, 3.05) is 32.8 Å². The lowest BCUT2D eigenvalue weighted by atomic mass is 10.00. The topological polar surface area (TPSA) is 44.7 Å². The molecule has 2 rings (SSSR count). The minimum atomic E-state index is -0.330.